The van der Waals surface area contributed by atoms with E-state index in [4.69, 9.17) is 4.74 Å². The summed E-state index contributed by atoms with van der Waals surface area (Å²) in [6.45, 7) is 8.08. The molecule has 1 aromatic rings. The van der Waals surface area contributed by atoms with Gasteiger partial charge in [-0.3, -0.25) is 4.79 Å². The summed E-state index contributed by atoms with van der Waals surface area (Å²) in [5.41, 5.74) is 0.945. The molecule has 0 saturated carbocycles. The predicted octanol–water partition coefficient (Wildman–Crippen LogP) is 1.07. The van der Waals surface area contributed by atoms with Crippen LogP contribution in [-0.2, 0) is 14.9 Å². The largest absolute Gasteiger partial charge is 0.365 e. The van der Waals surface area contributed by atoms with Crippen LogP contribution in [0.3, 0.4) is 0 Å². The van der Waals surface area contributed by atoms with Gasteiger partial charge in [-0.1, -0.05) is 20.8 Å². The van der Waals surface area contributed by atoms with Crippen molar-refractivity contribution in [2.45, 2.75) is 32.3 Å². The Kier molecular flexibility index (Phi) is 4.46. The van der Waals surface area contributed by atoms with Gasteiger partial charge < -0.3 is 14.5 Å². The zero-order chi connectivity index (χ0) is 15.6. The summed E-state index contributed by atoms with van der Waals surface area (Å²) in [5, 5.41) is 8.61. The number of amides is 1. The molecule has 1 aromatic heterocycles. The van der Waals surface area contributed by atoms with Gasteiger partial charge in [-0.25, -0.2) is 0 Å². The molecule has 116 valence electrons. The molecule has 1 aliphatic heterocycles. The molecule has 0 spiro atoms. The quantitative estimate of drug-likeness (QED) is 0.816. The van der Waals surface area contributed by atoms with E-state index >= 15 is 0 Å². The molecule has 2 rings (SSSR count). The van der Waals surface area contributed by atoms with E-state index in [0.717, 1.165) is 18.1 Å². The Morgan fingerprint density at radius 1 is 1.33 bits per heavy atom. The second-order valence-corrected chi connectivity index (χ2v) is 6.56. The monoisotopic (exact) mass is 292 g/mol. The van der Waals surface area contributed by atoms with Crippen molar-refractivity contribution in [2.24, 2.45) is 0 Å². The van der Waals surface area contributed by atoms with Crippen LogP contribution in [0.25, 0.3) is 0 Å². The Bertz CT molecular complexity index is 493. The third-order valence-corrected chi connectivity index (χ3v) is 3.53. The number of nitrogens with zero attached hydrogens (tertiary/aromatic N) is 4. The molecule has 1 aliphatic rings. The lowest BCUT2D eigenvalue weighted by Crippen LogP contribution is -2.49. The summed E-state index contributed by atoms with van der Waals surface area (Å²) in [6, 6.07) is 3.97. The molecule has 0 radical (unpaired) electrons. The maximum Gasteiger partial charge on any atom is 0.253 e. The van der Waals surface area contributed by atoms with Gasteiger partial charge >= 0.3 is 0 Å². The van der Waals surface area contributed by atoms with E-state index in [2.05, 4.69) is 35.9 Å². The lowest BCUT2D eigenvalue weighted by molar-refractivity contribution is -0.141. The van der Waals surface area contributed by atoms with Crippen molar-refractivity contribution in [1.82, 2.24) is 15.1 Å². The number of anilines is 1. The minimum atomic E-state index is -0.433. The summed E-state index contributed by atoms with van der Waals surface area (Å²) in [6.07, 6.45) is -0.433. The molecule has 21 heavy (non-hydrogen) atoms. The number of carbonyl (C=O) groups excluding carboxylic acids is 1. The van der Waals surface area contributed by atoms with Crippen LogP contribution in [0.15, 0.2) is 12.1 Å². The smallest absolute Gasteiger partial charge is 0.253 e. The molecule has 2 heterocycles. The predicted molar refractivity (Wildman–Crippen MR) is 81.4 cm³/mol. The topological polar surface area (TPSA) is 58.6 Å². The van der Waals surface area contributed by atoms with E-state index in [1.807, 2.05) is 12.1 Å². The zero-order valence-corrected chi connectivity index (χ0v) is 13.5. The second-order valence-electron chi connectivity index (χ2n) is 6.56. The fourth-order valence-electron chi connectivity index (χ4n) is 2.19. The first-order valence-corrected chi connectivity index (χ1v) is 7.21. The molecular weight excluding hydrogens is 268 g/mol. The van der Waals surface area contributed by atoms with Gasteiger partial charge in [0, 0.05) is 26.1 Å². The molecule has 0 bridgehead atoms. The van der Waals surface area contributed by atoms with Crippen LogP contribution in [0.1, 0.15) is 26.5 Å². The van der Waals surface area contributed by atoms with E-state index in [1.165, 1.54) is 0 Å². The minimum Gasteiger partial charge on any atom is -0.365 e. The van der Waals surface area contributed by atoms with Gasteiger partial charge in [-0.15, -0.1) is 5.10 Å². The van der Waals surface area contributed by atoms with Crippen LogP contribution in [0, 0.1) is 0 Å². The number of rotatable bonds is 2. The van der Waals surface area contributed by atoms with E-state index < -0.39 is 6.10 Å². The number of hydrogen-bond acceptors (Lipinski definition) is 5. The highest BCUT2D eigenvalue weighted by Gasteiger charge is 2.28. The highest BCUT2D eigenvalue weighted by atomic mass is 16.5. The Morgan fingerprint density at radius 2 is 2.05 bits per heavy atom. The number of ether oxygens (including phenoxy) is 1. The Hall–Kier alpha value is -1.69. The fraction of sp³-hybridized carbons (Fsp3) is 0.667. The highest BCUT2D eigenvalue weighted by molar-refractivity contribution is 5.81. The maximum absolute atomic E-state index is 12.0. The van der Waals surface area contributed by atoms with Crippen molar-refractivity contribution in [3.8, 4) is 0 Å². The lowest BCUT2D eigenvalue weighted by Gasteiger charge is -2.33. The lowest BCUT2D eigenvalue weighted by atomic mass is 9.92. The van der Waals surface area contributed by atoms with Gasteiger partial charge in [0.25, 0.3) is 5.91 Å². The maximum atomic E-state index is 12.0. The third-order valence-electron chi connectivity index (χ3n) is 3.53. The van der Waals surface area contributed by atoms with Gasteiger partial charge in [-0.05, 0) is 12.1 Å². The normalized spacial score (nSPS) is 19.5. The van der Waals surface area contributed by atoms with Crippen molar-refractivity contribution in [1.29, 1.82) is 0 Å². The zero-order valence-electron chi connectivity index (χ0n) is 13.5. The molecule has 0 aromatic carbocycles. The Balaban J connectivity index is 2.09. The molecule has 1 unspecified atom stereocenters. The Labute approximate surface area is 126 Å². The highest BCUT2D eigenvalue weighted by Crippen LogP contribution is 2.21. The Morgan fingerprint density at radius 3 is 2.57 bits per heavy atom. The van der Waals surface area contributed by atoms with Crippen molar-refractivity contribution < 1.29 is 9.53 Å². The summed E-state index contributed by atoms with van der Waals surface area (Å²) in [4.78, 5) is 15.6. The number of likely N-dealkylation sites (N-methyl/N-ethyl adjacent to an activating group) is 1. The summed E-state index contributed by atoms with van der Waals surface area (Å²) < 4.78 is 5.55. The van der Waals surface area contributed by atoms with E-state index in [0.29, 0.717) is 13.2 Å². The summed E-state index contributed by atoms with van der Waals surface area (Å²) in [5.74, 6) is 0.779. The summed E-state index contributed by atoms with van der Waals surface area (Å²) >= 11 is 0. The molecule has 0 aliphatic carbocycles. The average Bonchev–Trinajstić information content (AvgIpc) is 2.46. The molecule has 0 N–H and O–H groups in total. The van der Waals surface area contributed by atoms with Crippen LogP contribution < -0.4 is 4.90 Å². The van der Waals surface area contributed by atoms with Gasteiger partial charge in [0.15, 0.2) is 11.9 Å². The average molecular weight is 292 g/mol. The molecule has 6 nitrogen and oxygen atoms in total. The van der Waals surface area contributed by atoms with Gasteiger partial charge in [0.05, 0.1) is 18.8 Å². The standard InChI is InChI=1S/C15H24N4O2/c1-15(2,3)12-6-7-13(17-16-12)19-8-9-21-11(10-19)14(20)18(4)5/h6-7,11H,8-10H2,1-5H3. The van der Waals surface area contributed by atoms with Gasteiger partial charge in [0.1, 0.15) is 0 Å². The number of aromatic nitrogens is 2. The van der Waals surface area contributed by atoms with Gasteiger partial charge in [-0.2, -0.15) is 5.10 Å². The van der Waals surface area contributed by atoms with Crippen LogP contribution in [-0.4, -0.2) is 60.9 Å². The van der Waals surface area contributed by atoms with Crippen LogP contribution >= 0.6 is 0 Å². The van der Waals surface area contributed by atoms with Crippen LogP contribution in [0.4, 0.5) is 5.82 Å². The van der Waals surface area contributed by atoms with E-state index in [1.54, 1.807) is 19.0 Å². The fourth-order valence-corrected chi connectivity index (χ4v) is 2.19. The van der Waals surface area contributed by atoms with E-state index in [9.17, 15) is 4.79 Å². The second kappa shape index (κ2) is 5.97. The SMILES string of the molecule is CN(C)C(=O)C1CN(c2ccc(C(C)(C)C)nn2)CCO1. The van der Waals surface area contributed by atoms with Crippen molar-refractivity contribution >= 4 is 11.7 Å². The van der Waals surface area contributed by atoms with E-state index in [-0.39, 0.29) is 11.3 Å². The third kappa shape index (κ3) is 3.69. The number of morpholine rings is 1. The van der Waals surface area contributed by atoms with Crippen LogP contribution in [0.5, 0.6) is 0 Å². The van der Waals surface area contributed by atoms with Gasteiger partial charge in [0.2, 0.25) is 0 Å². The first-order chi connectivity index (χ1) is 9.79. The molecule has 1 amide bonds. The minimum absolute atomic E-state index is 0.0139. The van der Waals surface area contributed by atoms with Crippen LogP contribution in [0.2, 0.25) is 0 Å². The van der Waals surface area contributed by atoms with Crippen molar-refractivity contribution in [2.75, 3.05) is 38.7 Å². The van der Waals surface area contributed by atoms with Crippen molar-refractivity contribution in [3.63, 3.8) is 0 Å². The number of hydrogen-bond donors (Lipinski definition) is 0. The molecule has 6 heteroatoms. The molecule has 1 atom stereocenters. The molecular formula is C15H24N4O2. The first-order valence-electron chi connectivity index (χ1n) is 7.21. The molecule has 1 fully saturated rings. The first kappa shape index (κ1) is 15.7. The number of carbonyl (C=O) groups is 1. The summed E-state index contributed by atoms with van der Waals surface area (Å²) in [7, 11) is 3.48. The molecule has 1 saturated heterocycles. The van der Waals surface area contributed by atoms with Crippen molar-refractivity contribution in [3.05, 3.63) is 17.8 Å².